The van der Waals surface area contributed by atoms with Crippen molar-refractivity contribution < 1.29 is 14.7 Å². The predicted molar refractivity (Wildman–Crippen MR) is 65.3 cm³/mol. The second-order valence-electron chi connectivity index (χ2n) is 5.48. The number of rotatable bonds is 2. The third-order valence-corrected chi connectivity index (χ3v) is 4.04. The Morgan fingerprint density at radius 2 is 1.83 bits per heavy atom. The molecule has 0 aromatic rings. The summed E-state index contributed by atoms with van der Waals surface area (Å²) in [6, 6.07) is -0.713. The van der Waals surface area contributed by atoms with Crippen molar-refractivity contribution in [2.24, 2.45) is 11.5 Å². The maximum atomic E-state index is 12.5. The lowest BCUT2D eigenvalue weighted by atomic mass is 9.81. The van der Waals surface area contributed by atoms with E-state index < -0.39 is 23.6 Å². The number of aliphatic hydroxyl groups excluding tert-OH is 1. The number of carbonyl (C=O) groups is 2. The van der Waals surface area contributed by atoms with Crippen molar-refractivity contribution in [1.82, 2.24) is 4.90 Å². The van der Waals surface area contributed by atoms with Crippen molar-refractivity contribution >= 4 is 11.8 Å². The van der Waals surface area contributed by atoms with Crippen LogP contribution in [0.5, 0.6) is 0 Å². The van der Waals surface area contributed by atoms with Crippen LogP contribution in [0.3, 0.4) is 0 Å². The van der Waals surface area contributed by atoms with Gasteiger partial charge in [0.15, 0.2) is 0 Å². The molecule has 0 spiro atoms. The van der Waals surface area contributed by atoms with Crippen LogP contribution in [0, 0.1) is 0 Å². The lowest BCUT2D eigenvalue weighted by Crippen LogP contribution is -2.59. The Morgan fingerprint density at radius 1 is 1.22 bits per heavy atom. The smallest absolute Gasteiger partial charge is 0.243 e. The van der Waals surface area contributed by atoms with Gasteiger partial charge in [0.25, 0.3) is 0 Å². The molecule has 1 saturated heterocycles. The lowest BCUT2D eigenvalue weighted by Gasteiger charge is -2.36. The van der Waals surface area contributed by atoms with Gasteiger partial charge in [-0.1, -0.05) is 19.3 Å². The van der Waals surface area contributed by atoms with Gasteiger partial charge in [-0.05, 0) is 12.8 Å². The van der Waals surface area contributed by atoms with E-state index in [1.165, 1.54) is 4.90 Å². The van der Waals surface area contributed by atoms with Crippen LogP contribution in [0.1, 0.15) is 38.5 Å². The van der Waals surface area contributed by atoms with Crippen LogP contribution < -0.4 is 11.5 Å². The van der Waals surface area contributed by atoms with Gasteiger partial charge in [0.05, 0.1) is 11.6 Å². The first kappa shape index (κ1) is 13.3. The zero-order valence-corrected chi connectivity index (χ0v) is 10.5. The molecular formula is C12H21N3O3. The fourth-order valence-corrected chi connectivity index (χ4v) is 2.99. The summed E-state index contributed by atoms with van der Waals surface area (Å²) < 4.78 is 0. The molecule has 2 unspecified atom stereocenters. The minimum Gasteiger partial charge on any atom is -0.391 e. The van der Waals surface area contributed by atoms with Crippen molar-refractivity contribution in [2.45, 2.75) is 56.2 Å². The van der Waals surface area contributed by atoms with Crippen LogP contribution >= 0.6 is 0 Å². The fraction of sp³-hybridized carbons (Fsp3) is 0.833. The van der Waals surface area contributed by atoms with Crippen LogP contribution in [-0.4, -0.2) is 46.1 Å². The zero-order valence-electron chi connectivity index (χ0n) is 10.5. The van der Waals surface area contributed by atoms with Crippen molar-refractivity contribution in [1.29, 1.82) is 0 Å². The van der Waals surface area contributed by atoms with E-state index in [-0.39, 0.29) is 18.9 Å². The fourth-order valence-electron chi connectivity index (χ4n) is 2.99. The lowest BCUT2D eigenvalue weighted by molar-refractivity contribution is -0.143. The van der Waals surface area contributed by atoms with Crippen molar-refractivity contribution in [3.05, 3.63) is 0 Å². The van der Waals surface area contributed by atoms with Gasteiger partial charge in [0, 0.05) is 13.0 Å². The highest BCUT2D eigenvalue weighted by Crippen LogP contribution is 2.30. The van der Waals surface area contributed by atoms with Crippen molar-refractivity contribution in [3.63, 3.8) is 0 Å². The Hall–Kier alpha value is -1.14. The number of nitrogens with two attached hydrogens (primary N) is 2. The number of hydrogen-bond acceptors (Lipinski definition) is 4. The number of nitrogens with zero attached hydrogens (tertiary/aromatic N) is 1. The molecule has 1 heterocycles. The van der Waals surface area contributed by atoms with Gasteiger partial charge in [-0.15, -0.1) is 0 Å². The minimum atomic E-state index is -0.879. The van der Waals surface area contributed by atoms with E-state index in [1.54, 1.807) is 0 Å². The quantitative estimate of drug-likeness (QED) is 0.593. The summed E-state index contributed by atoms with van der Waals surface area (Å²) in [5.74, 6) is -0.804. The number of carbonyl (C=O) groups excluding carboxylic acids is 2. The highest BCUT2D eigenvalue weighted by atomic mass is 16.3. The molecule has 2 atom stereocenters. The Morgan fingerprint density at radius 3 is 2.39 bits per heavy atom. The highest BCUT2D eigenvalue weighted by Gasteiger charge is 2.45. The van der Waals surface area contributed by atoms with E-state index in [1.807, 2.05) is 0 Å². The normalized spacial score (nSPS) is 31.3. The van der Waals surface area contributed by atoms with Gasteiger partial charge in [-0.25, -0.2) is 0 Å². The molecule has 6 heteroatoms. The average molecular weight is 255 g/mol. The molecule has 102 valence electrons. The maximum absolute atomic E-state index is 12.5. The van der Waals surface area contributed by atoms with Crippen LogP contribution in [0.4, 0.5) is 0 Å². The molecule has 1 aliphatic heterocycles. The Bertz CT molecular complexity index is 352. The van der Waals surface area contributed by atoms with Crippen LogP contribution in [-0.2, 0) is 9.59 Å². The topological polar surface area (TPSA) is 110 Å². The number of hydrogen-bond donors (Lipinski definition) is 3. The summed E-state index contributed by atoms with van der Waals surface area (Å²) >= 11 is 0. The zero-order chi connectivity index (χ0) is 13.3. The molecule has 2 amide bonds. The largest absolute Gasteiger partial charge is 0.391 e. The first-order valence-electron chi connectivity index (χ1n) is 6.51. The number of primary amides is 1. The third-order valence-electron chi connectivity index (χ3n) is 4.04. The first-order valence-corrected chi connectivity index (χ1v) is 6.51. The molecule has 5 N–H and O–H groups in total. The number of amides is 2. The monoisotopic (exact) mass is 255 g/mol. The highest BCUT2D eigenvalue weighted by molar-refractivity contribution is 5.92. The predicted octanol–water partition coefficient (Wildman–Crippen LogP) is -0.905. The van der Waals surface area contributed by atoms with Gasteiger partial charge in [0.1, 0.15) is 6.04 Å². The molecule has 1 saturated carbocycles. The number of likely N-dealkylation sites (tertiary alicyclic amines) is 1. The third kappa shape index (κ3) is 2.35. The standard InChI is InChI=1S/C12H21N3O3/c13-10(17)9-6-8(16)7-15(9)11(18)12(14)4-2-1-3-5-12/h8-9,16H,1-7,14H2,(H2,13,17). The summed E-state index contributed by atoms with van der Waals surface area (Å²) in [7, 11) is 0. The van der Waals surface area contributed by atoms with Gasteiger partial charge < -0.3 is 21.5 Å². The Labute approximate surface area is 106 Å². The summed E-state index contributed by atoms with van der Waals surface area (Å²) in [6.07, 6.45) is 3.78. The molecule has 1 aliphatic carbocycles. The number of β-amino-alcohol motifs (C(OH)–C–C–N with tert-alkyl or cyclic N) is 1. The molecule has 6 nitrogen and oxygen atoms in total. The minimum absolute atomic E-state index is 0.158. The van der Waals surface area contributed by atoms with Crippen LogP contribution in [0.25, 0.3) is 0 Å². The van der Waals surface area contributed by atoms with E-state index in [4.69, 9.17) is 11.5 Å². The van der Waals surface area contributed by atoms with E-state index in [2.05, 4.69) is 0 Å². The molecule has 2 fully saturated rings. The second kappa shape index (κ2) is 4.85. The first-order chi connectivity index (χ1) is 8.44. The summed E-state index contributed by atoms with van der Waals surface area (Å²) in [4.78, 5) is 25.2. The SMILES string of the molecule is NC(=O)C1CC(O)CN1C(=O)C1(N)CCCCC1. The van der Waals surface area contributed by atoms with Crippen molar-refractivity contribution in [3.8, 4) is 0 Å². The maximum Gasteiger partial charge on any atom is 0.243 e. The molecule has 0 bridgehead atoms. The van der Waals surface area contributed by atoms with Crippen LogP contribution in [0.2, 0.25) is 0 Å². The van der Waals surface area contributed by atoms with Gasteiger partial charge >= 0.3 is 0 Å². The van der Waals surface area contributed by atoms with Gasteiger partial charge in [-0.3, -0.25) is 9.59 Å². The molecule has 0 aromatic carbocycles. The van der Waals surface area contributed by atoms with Gasteiger partial charge in [-0.2, -0.15) is 0 Å². The number of aliphatic hydroxyl groups is 1. The van der Waals surface area contributed by atoms with E-state index in [0.29, 0.717) is 12.8 Å². The van der Waals surface area contributed by atoms with Crippen LogP contribution in [0.15, 0.2) is 0 Å². The molecule has 2 rings (SSSR count). The molecular weight excluding hydrogens is 234 g/mol. The Balaban J connectivity index is 2.14. The molecule has 0 radical (unpaired) electrons. The van der Waals surface area contributed by atoms with E-state index in [0.717, 1.165) is 19.3 Å². The van der Waals surface area contributed by atoms with E-state index in [9.17, 15) is 14.7 Å². The summed E-state index contributed by atoms with van der Waals surface area (Å²) in [6.45, 7) is 0.158. The van der Waals surface area contributed by atoms with E-state index >= 15 is 0 Å². The molecule has 0 aromatic heterocycles. The van der Waals surface area contributed by atoms with Crippen molar-refractivity contribution in [2.75, 3.05) is 6.54 Å². The summed E-state index contributed by atoms with van der Waals surface area (Å²) in [5.41, 5.74) is 10.6. The second-order valence-corrected chi connectivity index (χ2v) is 5.48. The summed E-state index contributed by atoms with van der Waals surface area (Å²) in [5, 5.41) is 9.61. The molecule has 18 heavy (non-hydrogen) atoms. The molecule has 2 aliphatic rings. The van der Waals surface area contributed by atoms with Gasteiger partial charge in [0.2, 0.25) is 11.8 Å². The Kier molecular flexibility index (Phi) is 3.59. The average Bonchev–Trinajstić information content (AvgIpc) is 2.71.